The van der Waals surface area contributed by atoms with E-state index in [0.717, 1.165) is 6.20 Å². The molecule has 0 aliphatic heterocycles. The highest BCUT2D eigenvalue weighted by atomic mass is 16.5. The van der Waals surface area contributed by atoms with Crippen LogP contribution in [0.5, 0.6) is 0 Å². The third kappa shape index (κ3) is 0.676. The third-order valence-corrected chi connectivity index (χ3v) is 0.705. The Morgan fingerprint density at radius 1 is 1.75 bits per heavy atom. The van der Waals surface area contributed by atoms with Crippen LogP contribution in [0.3, 0.4) is 0 Å². The Labute approximate surface area is 45.0 Å². The number of aromatic nitrogens is 2. The molecule has 0 amide bonds. The lowest BCUT2D eigenvalue weighted by Gasteiger charge is -1.87. The van der Waals surface area contributed by atoms with Crippen LogP contribution in [0.15, 0.2) is 23.4 Å². The highest BCUT2D eigenvalue weighted by Gasteiger charge is 1.83. The van der Waals surface area contributed by atoms with Gasteiger partial charge in [0.2, 0.25) is 0 Å². The molecule has 0 fully saturated rings. The SMILES string of the molecule is O=c1cnccn1O. The van der Waals surface area contributed by atoms with Crippen molar-refractivity contribution in [2.45, 2.75) is 0 Å². The number of rotatable bonds is 0. The van der Waals surface area contributed by atoms with E-state index in [0.29, 0.717) is 4.73 Å². The fourth-order valence-corrected chi connectivity index (χ4v) is 0.341. The maximum atomic E-state index is 10.3. The second-order valence-corrected chi connectivity index (χ2v) is 1.26. The minimum Gasteiger partial charge on any atom is -0.425 e. The number of hydrogen-bond donors (Lipinski definition) is 1. The Balaban J connectivity index is 3.35. The van der Waals surface area contributed by atoms with E-state index in [1.807, 2.05) is 0 Å². The Bertz CT molecular complexity index is 229. The molecule has 0 radical (unpaired) electrons. The van der Waals surface area contributed by atoms with Crippen molar-refractivity contribution in [2.75, 3.05) is 0 Å². The van der Waals surface area contributed by atoms with Gasteiger partial charge >= 0.3 is 5.56 Å². The van der Waals surface area contributed by atoms with Crippen LogP contribution in [0.4, 0.5) is 0 Å². The molecule has 0 saturated carbocycles. The lowest BCUT2D eigenvalue weighted by Crippen LogP contribution is -2.15. The zero-order valence-electron chi connectivity index (χ0n) is 3.98. The van der Waals surface area contributed by atoms with Gasteiger partial charge in [-0.05, 0) is 0 Å². The van der Waals surface area contributed by atoms with Crippen molar-refractivity contribution >= 4 is 0 Å². The Kier molecular flexibility index (Phi) is 0.997. The van der Waals surface area contributed by atoms with Crippen molar-refractivity contribution in [1.29, 1.82) is 0 Å². The Morgan fingerprint density at radius 2 is 2.50 bits per heavy atom. The average Bonchev–Trinajstić information content (AvgIpc) is 1.77. The lowest BCUT2D eigenvalue weighted by atomic mass is 10.7. The van der Waals surface area contributed by atoms with Crippen molar-refractivity contribution < 1.29 is 5.21 Å². The molecule has 1 aromatic rings. The van der Waals surface area contributed by atoms with Gasteiger partial charge < -0.3 is 5.21 Å². The second kappa shape index (κ2) is 1.65. The molecular formula is C4H4N2O2. The largest absolute Gasteiger partial charge is 0.425 e. The molecule has 0 atom stereocenters. The van der Waals surface area contributed by atoms with Crippen LogP contribution in [0.2, 0.25) is 0 Å². The molecule has 4 heteroatoms. The van der Waals surface area contributed by atoms with E-state index in [-0.39, 0.29) is 0 Å². The number of nitrogens with zero attached hydrogens (tertiary/aromatic N) is 2. The highest BCUT2D eigenvalue weighted by molar-refractivity contribution is 4.75. The van der Waals surface area contributed by atoms with E-state index in [9.17, 15) is 4.79 Å². The van der Waals surface area contributed by atoms with Crippen molar-refractivity contribution in [3.63, 3.8) is 0 Å². The molecule has 0 saturated heterocycles. The van der Waals surface area contributed by atoms with Crippen molar-refractivity contribution in [2.24, 2.45) is 0 Å². The molecule has 1 rings (SSSR count). The first kappa shape index (κ1) is 4.83. The second-order valence-electron chi connectivity index (χ2n) is 1.26. The average molecular weight is 112 g/mol. The van der Waals surface area contributed by atoms with Crippen molar-refractivity contribution in [3.05, 3.63) is 28.9 Å². The molecule has 4 nitrogen and oxygen atoms in total. The van der Waals surface area contributed by atoms with Crippen LogP contribution in [0.1, 0.15) is 0 Å². The Morgan fingerprint density at radius 3 is 2.88 bits per heavy atom. The van der Waals surface area contributed by atoms with Gasteiger partial charge in [-0.2, -0.15) is 4.73 Å². The molecule has 0 aliphatic carbocycles. The van der Waals surface area contributed by atoms with Crippen LogP contribution < -0.4 is 5.56 Å². The summed E-state index contributed by atoms with van der Waals surface area (Å²) in [6.07, 6.45) is 3.52. The molecule has 0 aliphatic rings. The van der Waals surface area contributed by atoms with Crippen LogP contribution in [-0.2, 0) is 0 Å². The van der Waals surface area contributed by atoms with Crippen molar-refractivity contribution in [3.8, 4) is 0 Å². The fraction of sp³-hybridized carbons (Fsp3) is 0. The Hall–Kier alpha value is -1.32. The molecule has 1 N–H and O–H groups in total. The first-order chi connectivity index (χ1) is 3.80. The zero-order valence-corrected chi connectivity index (χ0v) is 3.98. The minimum atomic E-state index is -0.521. The minimum absolute atomic E-state index is 0.465. The van der Waals surface area contributed by atoms with Gasteiger partial charge in [0.1, 0.15) is 0 Å². The predicted molar refractivity (Wildman–Crippen MR) is 25.7 cm³/mol. The van der Waals surface area contributed by atoms with E-state index in [1.165, 1.54) is 12.4 Å². The standard InChI is InChI=1S/C4H4N2O2/c7-4-3-5-1-2-6(4)8/h1-3,8H. The van der Waals surface area contributed by atoms with Crippen LogP contribution >= 0.6 is 0 Å². The van der Waals surface area contributed by atoms with E-state index in [4.69, 9.17) is 5.21 Å². The summed E-state index contributed by atoms with van der Waals surface area (Å²) in [6, 6.07) is 0. The zero-order chi connectivity index (χ0) is 5.98. The van der Waals surface area contributed by atoms with E-state index in [2.05, 4.69) is 4.98 Å². The molecule has 0 unspecified atom stereocenters. The quantitative estimate of drug-likeness (QED) is 0.459. The fourth-order valence-electron chi connectivity index (χ4n) is 0.341. The first-order valence-corrected chi connectivity index (χ1v) is 2.02. The van der Waals surface area contributed by atoms with E-state index < -0.39 is 5.56 Å². The smallest absolute Gasteiger partial charge is 0.301 e. The van der Waals surface area contributed by atoms with Crippen LogP contribution in [0, 0.1) is 0 Å². The molecule has 8 heavy (non-hydrogen) atoms. The van der Waals surface area contributed by atoms with E-state index >= 15 is 0 Å². The summed E-state index contributed by atoms with van der Waals surface area (Å²) in [6.45, 7) is 0. The summed E-state index contributed by atoms with van der Waals surface area (Å²) in [7, 11) is 0. The van der Waals surface area contributed by atoms with Gasteiger partial charge in [-0.3, -0.25) is 9.78 Å². The van der Waals surface area contributed by atoms with E-state index in [1.54, 1.807) is 0 Å². The van der Waals surface area contributed by atoms with Gasteiger partial charge in [0, 0.05) is 6.20 Å². The monoisotopic (exact) mass is 112 g/mol. The first-order valence-electron chi connectivity index (χ1n) is 2.02. The molecule has 0 spiro atoms. The summed E-state index contributed by atoms with van der Waals surface area (Å²) < 4.78 is 0.465. The molecule has 1 aromatic heterocycles. The molecule has 42 valence electrons. The number of hydrogen-bond acceptors (Lipinski definition) is 3. The summed E-state index contributed by atoms with van der Waals surface area (Å²) in [5, 5.41) is 8.48. The summed E-state index contributed by atoms with van der Waals surface area (Å²) in [5.74, 6) is 0. The van der Waals surface area contributed by atoms with Crippen molar-refractivity contribution in [1.82, 2.24) is 9.71 Å². The van der Waals surface area contributed by atoms with Gasteiger partial charge in [-0.25, -0.2) is 0 Å². The van der Waals surface area contributed by atoms with Crippen LogP contribution in [-0.4, -0.2) is 14.9 Å². The topological polar surface area (TPSA) is 55.1 Å². The third-order valence-electron chi connectivity index (χ3n) is 0.705. The highest BCUT2D eigenvalue weighted by Crippen LogP contribution is 1.65. The normalized spacial score (nSPS) is 9.00. The van der Waals surface area contributed by atoms with Crippen LogP contribution in [0.25, 0.3) is 0 Å². The van der Waals surface area contributed by atoms with Gasteiger partial charge in [-0.15, -0.1) is 0 Å². The van der Waals surface area contributed by atoms with Gasteiger partial charge in [0.05, 0.1) is 12.4 Å². The molecule has 1 heterocycles. The molecular weight excluding hydrogens is 108 g/mol. The summed E-state index contributed by atoms with van der Waals surface area (Å²) in [5.41, 5.74) is -0.521. The molecule has 0 bridgehead atoms. The lowest BCUT2D eigenvalue weighted by molar-refractivity contribution is 0.173. The summed E-state index contributed by atoms with van der Waals surface area (Å²) >= 11 is 0. The predicted octanol–water partition coefficient (Wildman–Crippen LogP) is -0.519. The summed E-state index contributed by atoms with van der Waals surface area (Å²) in [4.78, 5) is 13.7. The van der Waals surface area contributed by atoms with Gasteiger partial charge in [0.25, 0.3) is 0 Å². The van der Waals surface area contributed by atoms with Gasteiger partial charge in [0.15, 0.2) is 0 Å². The maximum absolute atomic E-state index is 10.3. The molecule has 0 aromatic carbocycles. The maximum Gasteiger partial charge on any atom is 0.301 e. The van der Waals surface area contributed by atoms with Gasteiger partial charge in [-0.1, -0.05) is 0 Å².